The number of carbonyl (C=O) groups excluding carboxylic acids is 1. The molecule has 0 aliphatic carbocycles. The van der Waals surface area contributed by atoms with Gasteiger partial charge in [0, 0.05) is 12.1 Å². The minimum atomic E-state index is -0.00690. The third-order valence-corrected chi connectivity index (χ3v) is 4.85. The zero-order valence-electron chi connectivity index (χ0n) is 14.3. The quantitative estimate of drug-likeness (QED) is 0.687. The van der Waals surface area contributed by atoms with Crippen LogP contribution in [0.3, 0.4) is 0 Å². The SMILES string of the molecule is N#Cc1ccccc1-c1cccc(C(=O)N2CCCC2c2ccco2)c1. The van der Waals surface area contributed by atoms with Gasteiger partial charge in [0.25, 0.3) is 5.91 Å². The van der Waals surface area contributed by atoms with E-state index in [0.717, 1.165) is 36.3 Å². The first-order chi connectivity index (χ1) is 12.8. The summed E-state index contributed by atoms with van der Waals surface area (Å²) in [6.45, 7) is 0.725. The Kier molecular flexibility index (Phi) is 4.28. The highest BCUT2D eigenvalue weighted by atomic mass is 16.3. The predicted octanol–water partition coefficient (Wildman–Crippen LogP) is 4.80. The molecule has 1 aliphatic heterocycles. The van der Waals surface area contributed by atoms with Crippen molar-refractivity contribution in [3.05, 3.63) is 83.8 Å². The molecule has 1 unspecified atom stereocenters. The number of hydrogen-bond donors (Lipinski definition) is 0. The van der Waals surface area contributed by atoms with Gasteiger partial charge in [-0.05, 0) is 54.3 Å². The highest BCUT2D eigenvalue weighted by Crippen LogP contribution is 2.34. The topological polar surface area (TPSA) is 57.2 Å². The Bertz CT molecular complexity index is 970. The van der Waals surface area contributed by atoms with E-state index < -0.39 is 0 Å². The third-order valence-electron chi connectivity index (χ3n) is 4.85. The van der Waals surface area contributed by atoms with Crippen LogP contribution in [0.15, 0.2) is 71.3 Å². The maximum atomic E-state index is 13.1. The molecular weight excluding hydrogens is 324 g/mol. The molecule has 0 N–H and O–H groups in total. The monoisotopic (exact) mass is 342 g/mol. The average molecular weight is 342 g/mol. The van der Waals surface area contributed by atoms with Crippen LogP contribution in [0.5, 0.6) is 0 Å². The number of amides is 1. The standard InChI is InChI=1S/C22H18N2O2/c23-15-18-6-1-2-9-19(18)16-7-3-8-17(14-16)22(25)24-12-4-10-20(24)21-11-5-13-26-21/h1-3,5-9,11,13-14,20H,4,10,12H2. The average Bonchev–Trinajstić information content (AvgIpc) is 3.38. The molecule has 4 rings (SSSR count). The van der Waals surface area contributed by atoms with Crippen molar-refractivity contribution < 1.29 is 9.21 Å². The molecule has 1 aromatic heterocycles. The van der Waals surface area contributed by atoms with Crippen LogP contribution in [0.1, 0.15) is 40.6 Å². The van der Waals surface area contributed by atoms with Crippen LogP contribution >= 0.6 is 0 Å². The zero-order valence-corrected chi connectivity index (χ0v) is 14.3. The third kappa shape index (κ3) is 2.89. The molecule has 128 valence electrons. The van der Waals surface area contributed by atoms with E-state index >= 15 is 0 Å². The van der Waals surface area contributed by atoms with Crippen molar-refractivity contribution in [2.24, 2.45) is 0 Å². The van der Waals surface area contributed by atoms with E-state index in [1.54, 1.807) is 12.3 Å². The van der Waals surface area contributed by atoms with Gasteiger partial charge in [-0.15, -0.1) is 0 Å². The number of furan rings is 1. The number of nitrogens with zero attached hydrogens (tertiary/aromatic N) is 2. The summed E-state index contributed by atoms with van der Waals surface area (Å²) in [6.07, 6.45) is 3.53. The van der Waals surface area contributed by atoms with Crippen LogP contribution in [0.4, 0.5) is 0 Å². The minimum absolute atomic E-state index is 0.000175. The van der Waals surface area contributed by atoms with Crippen LogP contribution < -0.4 is 0 Å². The smallest absolute Gasteiger partial charge is 0.254 e. The summed E-state index contributed by atoms with van der Waals surface area (Å²) in [5.74, 6) is 0.835. The molecule has 0 spiro atoms. The molecule has 4 heteroatoms. The molecule has 3 aromatic rings. The van der Waals surface area contributed by atoms with Crippen molar-refractivity contribution in [3.8, 4) is 17.2 Å². The first kappa shape index (κ1) is 16.2. The summed E-state index contributed by atoms with van der Waals surface area (Å²) in [7, 11) is 0. The van der Waals surface area contributed by atoms with Gasteiger partial charge in [0.15, 0.2) is 0 Å². The summed E-state index contributed by atoms with van der Waals surface area (Å²) in [5.41, 5.74) is 2.95. The predicted molar refractivity (Wildman–Crippen MR) is 98.3 cm³/mol. The molecule has 1 aliphatic rings. The van der Waals surface area contributed by atoms with Gasteiger partial charge in [-0.2, -0.15) is 5.26 Å². The van der Waals surface area contributed by atoms with Gasteiger partial charge in [0.1, 0.15) is 5.76 Å². The van der Waals surface area contributed by atoms with Gasteiger partial charge in [-0.3, -0.25) is 4.79 Å². The molecule has 1 saturated heterocycles. The number of carbonyl (C=O) groups is 1. The molecule has 1 atom stereocenters. The molecule has 0 radical (unpaired) electrons. The summed E-state index contributed by atoms with van der Waals surface area (Å²) in [4.78, 5) is 15.0. The maximum absolute atomic E-state index is 13.1. The molecule has 0 bridgehead atoms. The van der Waals surface area contributed by atoms with E-state index in [0.29, 0.717) is 11.1 Å². The number of nitriles is 1. The lowest BCUT2D eigenvalue weighted by molar-refractivity contribution is 0.0720. The van der Waals surface area contributed by atoms with Gasteiger partial charge in [-0.1, -0.05) is 30.3 Å². The van der Waals surface area contributed by atoms with Crippen LogP contribution in [0, 0.1) is 11.3 Å². The molecule has 2 aromatic carbocycles. The second kappa shape index (κ2) is 6.89. The van der Waals surface area contributed by atoms with Gasteiger partial charge >= 0.3 is 0 Å². The highest BCUT2D eigenvalue weighted by Gasteiger charge is 2.32. The van der Waals surface area contributed by atoms with Gasteiger partial charge < -0.3 is 9.32 Å². The van der Waals surface area contributed by atoms with Gasteiger partial charge in [0.05, 0.1) is 23.9 Å². The lowest BCUT2D eigenvalue weighted by atomic mass is 9.98. The molecule has 26 heavy (non-hydrogen) atoms. The normalized spacial score (nSPS) is 16.4. The van der Waals surface area contributed by atoms with E-state index in [4.69, 9.17) is 4.42 Å². The maximum Gasteiger partial charge on any atom is 0.254 e. The summed E-state index contributed by atoms with van der Waals surface area (Å²) >= 11 is 0. The molecule has 0 saturated carbocycles. The molecular formula is C22H18N2O2. The molecule has 4 nitrogen and oxygen atoms in total. The fraction of sp³-hybridized carbons (Fsp3) is 0.182. The first-order valence-electron chi connectivity index (χ1n) is 8.72. The molecule has 1 amide bonds. The summed E-state index contributed by atoms with van der Waals surface area (Å²) in [6, 6.07) is 20.9. The summed E-state index contributed by atoms with van der Waals surface area (Å²) in [5, 5.41) is 9.34. The number of rotatable bonds is 3. The summed E-state index contributed by atoms with van der Waals surface area (Å²) < 4.78 is 5.53. The van der Waals surface area contributed by atoms with Gasteiger partial charge in [0.2, 0.25) is 0 Å². The number of likely N-dealkylation sites (tertiary alicyclic amines) is 1. The van der Waals surface area contributed by atoms with E-state index in [1.165, 1.54) is 0 Å². The van der Waals surface area contributed by atoms with Gasteiger partial charge in [-0.25, -0.2) is 0 Å². The van der Waals surface area contributed by atoms with Crippen molar-refractivity contribution in [1.82, 2.24) is 4.90 Å². The van der Waals surface area contributed by atoms with Crippen LogP contribution in [0.2, 0.25) is 0 Å². The van der Waals surface area contributed by atoms with E-state index in [-0.39, 0.29) is 11.9 Å². The van der Waals surface area contributed by atoms with E-state index in [1.807, 2.05) is 59.5 Å². The van der Waals surface area contributed by atoms with Crippen LogP contribution in [-0.4, -0.2) is 17.4 Å². The highest BCUT2D eigenvalue weighted by molar-refractivity contribution is 5.96. The lowest BCUT2D eigenvalue weighted by Gasteiger charge is -2.23. The zero-order chi connectivity index (χ0) is 17.9. The second-order valence-corrected chi connectivity index (χ2v) is 6.41. The van der Waals surface area contributed by atoms with Crippen LogP contribution in [0.25, 0.3) is 11.1 Å². The molecule has 2 heterocycles. The fourth-order valence-electron chi connectivity index (χ4n) is 3.60. The van der Waals surface area contributed by atoms with Crippen molar-refractivity contribution in [2.45, 2.75) is 18.9 Å². The Hall–Kier alpha value is -3.32. The Morgan fingerprint density at radius 1 is 1.12 bits per heavy atom. The fourth-order valence-corrected chi connectivity index (χ4v) is 3.60. The van der Waals surface area contributed by atoms with Crippen molar-refractivity contribution in [2.75, 3.05) is 6.54 Å². The number of hydrogen-bond acceptors (Lipinski definition) is 3. The van der Waals surface area contributed by atoms with E-state index in [2.05, 4.69) is 6.07 Å². The van der Waals surface area contributed by atoms with Crippen molar-refractivity contribution >= 4 is 5.91 Å². The van der Waals surface area contributed by atoms with Crippen molar-refractivity contribution in [3.63, 3.8) is 0 Å². The van der Waals surface area contributed by atoms with Crippen LogP contribution in [-0.2, 0) is 0 Å². The first-order valence-corrected chi connectivity index (χ1v) is 8.72. The van der Waals surface area contributed by atoms with E-state index in [9.17, 15) is 10.1 Å². The number of benzene rings is 2. The Balaban J connectivity index is 1.66. The molecule has 1 fully saturated rings. The Morgan fingerprint density at radius 3 is 2.81 bits per heavy atom. The lowest BCUT2D eigenvalue weighted by Crippen LogP contribution is -2.30. The largest absolute Gasteiger partial charge is 0.467 e. The Morgan fingerprint density at radius 2 is 2.00 bits per heavy atom. The Labute approximate surface area is 152 Å². The second-order valence-electron chi connectivity index (χ2n) is 6.41. The minimum Gasteiger partial charge on any atom is -0.467 e. The van der Waals surface area contributed by atoms with Crippen molar-refractivity contribution in [1.29, 1.82) is 5.26 Å².